The number of imidazole rings is 1. The molecule has 4 rings (SSSR count). The van der Waals surface area contributed by atoms with E-state index in [0.717, 1.165) is 30.2 Å². The molecule has 31 heavy (non-hydrogen) atoms. The Morgan fingerprint density at radius 1 is 1.16 bits per heavy atom. The Hall–Kier alpha value is -2.59. The fourth-order valence-corrected chi connectivity index (χ4v) is 4.15. The lowest BCUT2D eigenvalue weighted by Gasteiger charge is -2.13. The van der Waals surface area contributed by atoms with Gasteiger partial charge in [-0.25, -0.2) is 10.4 Å². The maximum absolute atomic E-state index is 6.04. The average Bonchev–Trinajstić information content (AvgIpc) is 3.09. The molecule has 8 heteroatoms. The number of ether oxygens (including phenoxy) is 2. The third-order valence-electron chi connectivity index (χ3n) is 4.71. The Balaban J connectivity index is 1.49. The molecular weight excluding hydrogens is 571 g/mol. The normalized spacial score (nSPS) is 11.2. The summed E-state index contributed by atoms with van der Waals surface area (Å²) in [7, 11) is 3.59. The third kappa shape index (κ3) is 5.01. The second kappa shape index (κ2) is 9.69. The molecule has 0 aliphatic rings. The number of hydrogen-bond acceptors (Lipinski definition) is 5. The predicted molar refractivity (Wildman–Crippen MR) is 136 cm³/mol. The smallest absolute Gasteiger partial charge is 0.224 e. The summed E-state index contributed by atoms with van der Waals surface area (Å²) in [5.74, 6) is 2.05. The van der Waals surface area contributed by atoms with Crippen LogP contribution in [0.2, 0.25) is 0 Å². The van der Waals surface area contributed by atoms with Gasteiger partial charge >= 0.3 is 0 Å². The highest BCUT2D eigenvalue weighted by Crippen LogP contribution is 2.34. The monoisotopic (exact) mass is 590 g/mol. The molecule has 0 bridgehead atoms. The highest BCUT2D eigenvalue weighted by Gasteiger charge is 2.12. The molecule has 0 amide bonds. The number of benzene rings is 3. The molecule has 0 spiro atoms. The molecule has 0 fully saturated rings. The van der Waals surface area contributed by atoms with Crippen LogP contribution in [-0.4, -0.2) is 22.9 Å². The lowest BCUT2D eigenvalue weighted by atomic mass is 10.2. The molecule has 4 aromatic rings. The van der Waals surface area contributed by atoms with Crippen molar-refractivity contribution in [2.45, 2.75) is 6.61 Å². The number of rotatable bonds is 7. The Kier molecular flexibility index (Phi) is 6.77. The van der Waals surface area contributed by atoms with Crippen molar-refractivity contribution in [2.75, 3.05) is 12.5 Å². The molecule has 3 aromatic carbocycles. The maximum atomic E-state index is 6.04. The summed E-state index contributed by atoms with van der Waals surface area (Å²) in [6.07, 6.45) is 1.74. The number of hydrazone groups is 1. The van der Waals surface area contributed by atoms with Crippen LogP contribution in [-0.2, 0) is 13.7 Å². The summed E-state index contributed by atoms with van der Waals surface area (Å²) < 4.78 is 15.6. The van der Waals surface area contributed by atoms with E-state index in [1.54, 1.807) is 13.3 Å². The molecule has 6 nitrogen and oxygen atoms in total. The van der Waals surface area contributed by atoms with Crippen molar-refractivity contribution in [1.82, 2.24) is 9.55 Å². The van der Waals surface area contributed by atoms with Gasteiger partial charge in [0.1, 0.15) is 6.61 Å². The molecule has 0 saturated carbocycles. The number of nitrogens with zero attached hydrogens (tertiary/aromatic N) is 3. The van der Waals surface area contributed by atoms with E-state index in [4.69, 9.17) is 9.47 Å². The molecule has 1 aromatic heterocycles. The Labute approximate surface area is 202 Å². The fraction of sp³-hybridized carbons (Fsp3) is 0.130. The van der Waals surface area contributed by atoms with Gasteiger partial charge in [0.15, 0.2) is 11.5 Å². The second-order valence-corrected chi connectivity index (χ2v) is 8.88. The SMILES string of the molecule is COc1cc(/C=N\Nc2nc3ccccc3n2C)cc(I)c1OCc1ccc(Br)cc1. The molecule has 1 N–H and O–H groups in total. The van der Waals surface area contributed by atoms with E-state index >= 15 is 0 Å². The van der Waals surface area contributed by atoms with Gasteiger partial charge in [0.2, 0.25) is 5.95 Å². The fourth-order valence-electron chi connectivity index (χ4n) is 3.10. The lowest BCUT2D eigenvalue weighted by Crippen LogP contribution is -2.02. The van der Waals surface area contributed by atoms with Crippen molar-refractivity contribution in [3.05, 3.63) is 79.8 Å². The zero-order chi connectivity index (χ0) is 21.8. The highest BCUT2D eigenvalue weighted by molar-refractivity contribution is 14.1. The number of methoxy groups -OCH3 is 1. The zero-order valence-corrected chi connectivity index (χ0v) is 20.7. The van der Waals surface area contributed by atoms with Crippen molar-refractivity contribution in [1.29, 1.82) is 0 Å². The lowest BCUT2D eigenvalue weighted by molar-refractivity contribution is 0.282. The Morgan fingerprint density at radius 3 is 2.68 bits per heavy atom. The van der Waals surface area contributed by atoms with Crippen LogP contribution in [0.4, 0.5) is 5.95 Å². The van der Waals surface area contributed by atoms with Gasteiger partial charge in [0.05, 0.1) is 27.9 Å². The van der Waals surface area contributed by atoms with Crippen LogP contribution in [0.5, 0.6) is 11.5 Å². The van der Waals surface area contributed by atoms with Crippen molar-refractivity contribution < 1.29 is 9.47 Å². The average molecular weight is 591 g/mol. The minimum Gasteiger partial charge on any atom is -0.493 e. The number of anilines is 1. The van der Waals surface area contributed by atoms with Crippen molar-refractivity contribution in [3.63, 3.8) is 0 Å². The predicted octanol–water partition coefficient (Wildman–Crippen LogP) is 5.97. The first-order valence-electron chi connectivity index (χ1n) is 9.50. The Morgan fingerprint density at radius 2 is 1.94 bits per heavy atom. The maximum Gasteiger partial charge on any atom is 0.224 e. The summed E-state index contributed by atoms with van der Waals surface area (Å²) in [5, 5.41) is 4.35. The van der Waals surface area contributed by atoms with Crippen LogP contribution in [0.3, 0.4) is 0 Å². The highest BCUT2D eigenvalue weighted by atomic mass is 127. The van der Waals surface area contributed by atoms with E-state index in [1.807, 2.05) is 72.3 Å². The first-order valence-corrected chi connectivity index (χ1v) is 11.4. The second-order valence-electron chi connectivity index (χ2n) is 6.80. The first kappa shape index (κ1) is 21.6. The van der Waals surface area contributed by atoms with Gasteiger partial charge in [0.25, 0.3) is 0 Å². The number of hydrogen-bond donors (Lipinski definition) is 1. The van der Waals surface area contributed by atoms with Crippen LogP contribution >= 0.6 is 38.5 Å². The van der Waals surface area contributed by atoms with Gasteiger partial charge in [0, 0.05) is 11.5 Å². The number of aromatic nitrogens is 2. The molecule has 0 aliphatic heterocycles. The quantitative estimate of drug-likeness (QED) is 0.164. The van der Waals surface area contributed by atoms with Gasteiger partial charge < -0.3 is 14.0 Å². The Bertz CT molecular complexity index is 1240. The molecule has 158 valence electrons. The van der Waals surface area contributed by atoms with Gasteiger partial charge in [-0.2, -0.15) is 5.10 Å². The molecule has 0 unspecified atom stereocenters. The van der Waals surface area contributed by atoms with Gasteiger partial charge in [-0.15, -0.1) is 0 Å². The van der Waals surface area contributed by atoms with Gasteiger partial charge in [-0.1, -0.05) is 40.2 Å². The minimum absolute atomic E-state index is 0.460. The molecule has 0 radical (unpaired) electrons. The van der Waals surface area contributed by atoms with E-state index in [2.05, 4.69) is 54.0 Å². The largest absolute Gasteiger partial charge is 0.493 e. The number of halogens is 2. The first-order chi connectivity index (χ1) is 15.0. The van der Waals surface area contributed by atoms with Crippen LogP contribution in [0, 0.1) is 3.57 Å². The molecule has 0 aliphatic carbocycles. The zero-order valence-electron chi connectivity index (χ0n) is 17.0. The number of aryl methyl sites for hydroxylation is 1. The molecular formula is C23H20BrIN4O2. The van der Waals surface area contributed by atoms with Crippen molar-refractivity contribution in [2.24, 2.45) is 12.1 Å². The third-order valence-corrected chi connectivity index (χ3v) is 6.04. The van der Waals surface area contributed by atoms with E-state index in [9.17, 15) is 0 Å². The molecule has 0 atom stereocenters. The number of fused-ring (bicyclic) bond motifs is 1. The van der Waals surface area contributed by atoms with Crippen LogP contribution in [0.25, 0.3) is 11.0 Å². The van der Waals surface area contributed by atoms with Crippen LogP contribution in [0.15, 0.2) is 70.2 Å². The van der Waals surface area contributed by atoms with Crippen molar-refractivity contribution in [3.8, 4) is 11.5 Å². The summed E-state index contributed by atoms with van der Waals surface area (Å²) >= 11 is 5.70. The summed E-state index contributed by atoms with van der Waals surface area (Å²) in [5.41, 5.74) is 6.96. The number of nitrogens with one attached hydrogen (secondary N) is 1. The van der Waals surface area contributed by atoms with Crippen LogP contribution in [0.1, 0.15) is 11.1 Å². The van der Waals surface area contributed by atoms with E-state index in [-0.39, 0.29) is 0 Å². The molecule has 0 saturated heterocycles. The minimum atomic E-state index is 0.460. The van der Waals surface area contributed by atoms with E-state index in [0.29, 0.717) is 24.1 Å². The van der Waals surface area contributed by atoms with Crippen LogP contribution < -0.4 is 14.9 Å². The standard InChI is InChI=1S/C23H20BrIN4O2/c1-29-20-6-4-3-5-19(20)27-23(29)28-26-13-16-11-18(25)22(21(12-16)30-2)31-14-15-7-9-17(24)10-8-15/h3-13H,14H2,1-2H3,(H,27,28)/b26-13-. The summed E-state index contributed by atoms with van der Waals surface area (Å²) in [4.78, 5) is 4.56. The van der Waals surface area contributed by atoms with Gasteiger partial charge in [-0.05, 0) is 70.1 Å². The summed E-state index contributed by atoms with van der Waals surface area (Å²) in [6, 6.07) is 19.9. The van der Waals surface area contributed by atoms with Gasteiger partial charge in [-0.3, -0.25) is 0 Å². The number of para-hydroxylation sites is 2. The molecule has 1 heterocycles. The van der Waals surface area contributed by atoms with E-state index in [1.165, 1.54) is 0 Å². The van der Waals surface area contributed by atoms with Crippen molar-refractivity contribution >= 4 is 61.7 Å². The van der Waals surface area contributed by atoms with E-state index < -0.39 is 0 Å². The summed E-state index contributed by atoms with van der Waals surface area (Å²) in [6.45, 7) is 0.460. The topological polar surface area (TPSA) is 60.7 Å².